The van der Waals surface area contributed by atoms with Crippen LogP contribution in [0.2, 0.25) is 0 Å². The van der Waals surface area contributed by atoms with Crippen molar-refractivity contribution in [1.82, 2.24) is 5.32 Å². The summed E-state index contributed by atoms with van der Waals surface area (Å²) in [6, 6.07) is 17.5. The van der Waals surface area contributed by atoms with Crippen molar-refractivity contribution < 1.29 is 27.5 Å². The van der Waals surface area contributed by atoms with Crippen LogP contribution in [0.5, 0.6) is 11.5 Å². The van der Waals surface area contributed by atoms with Crippen molar-refractivity contribution in [3.8, 4) is 11.5 Å². The summed E-state index contributed by atoms with van der Waals surface area (Å²) in [6.45, 7) is 4.12. The molecule has 0 fully saturated rings. The van der Waals surface area contributed by atoms with Gasteiger partial charge in [-0.3, -0.25) is 14.3 Å². The van der Waals surface area contributed by atoms with Crippen LogP contribution < -0.4 is 24.8 Å². The minimum atomic E-state index is -4.03. The molecule has 0 heterocycles. The van der Waals surface area contributed by atoms with Gasteiger partial charge < -0.3 is 20.1 Å². The number of amides is 2. The number of ether oxygens (including phenoxy) is 2. The summed E-state index contributed by atoms with van der Waals surface area (Å²) in [4.78, 5) is 24.1. The summed E-state index contributed by atoms with van der Waals surface area (Å²) in [7, 11) is -2.67. The van der Waals surface area contributed by atoms with Crippen LogP contribution in [-0.4, -0.2) is 40.5 Å². The molecule has 3 rings (SSSR count). The second kappa shape index (κ2) is 11.4. The monoisotopic (exact) mass is 497 g/mol. The molecule has 35 heavy (non-hydrogen) atoms. The SMILES string of the molecule is CCNC(=O)COc1ccc(NC(=O)c2ccc(OC)c(S(=O)(=O)Nc3ccc(C)cc3)c2)cc1. The Labute approximate surface area is 204 Å². The number of aryl methyl sites for hydroxylation is 1. The number of benzene rings is 3. The van der Waals surface area contributed by atoms with Crippen molar-refractivity contribution in [3.05, 3.63) is 77.9 Å². The van der Waals surface area contributed by atoms with Crippen LogP contribution in [0.25, 0.3) is 0 Å². The molecule has 0 aliphatic heterocycles. The predicted octanol–water partition coefficient (Wildman–Crippen LogP) is 3.57. The van der Waals surface area contributed by atoms with Crippen molar-refractivity contribution in [3.63, 3.8) is 0 Å². The minimum Gasteiger partial charge on any atom is -0.495 e. The third kappa shape index (κ3) is 6.97. The fourth-order valence-corrected chi connectivity index (χ4v) is 4.35. The third-order valence-corrected chi connectivity index (χ3v) is 6.28. The Morgan fingerprint density at radius 3 is 2.20 bits per heavy atom. The number of anilines is 2. The standard InChI is InChI=1S/C25H27N3O6S/c1-4-26-24(29)16-34-21-12-10-19(11-13-21)27-25(30)18-7-14-22(33-3)23(15-18)35(31,32)28-20-8-5-17(2)6-9-20/h5-15,28H,4,16H2,1-3H3,(H,26,29)(H,27,30). The lowest BCUT2D eigenvalue weighted by atomic mass is 10.2. The molecule has 10 heteroatoms. The highest BCUT2D eigenvalue weighted by Crippen LogP contribution is 2.28. The van der Waals surface area contributed by atoms with Gasteiger partial charge >= 0.3 is 0 Å². The average Bonchev–Trinajstić information content (AvgIpc) is 2.84. The lowest BCUT2D eigenvalue weighted by Crippen LogP contribution is -2.28. The topological polar surface area (TPSA) is 123 Å². The molecule has 0 unspecified atom stereocenters. The van der Waals surface area contributed by atoms with Crippen LogP contribution in [-0.2, 0) is 14.8 Å². The molecule has 0 saturated heterocycles. The van der Waals surface area contributed by atoms with Crippen LogP contribution in [0, 0.1) is 6.92 Å². The van der Waals surface area contributed by atoms with Gasteiger partial charge in [0.1, 0.15) is 16.4 Å². The molecule has 3 aromatic rings. The van der Waals surface area contributed by atoms with E-state index in [4.69, 9.17) is 9.47 Å². The maximum absolute atomic E-state index is 13.0. The van der Waals surface area contributed by atoms with Gasteiger partial charge in [0, 0.05) is 23.5 Å². The van der Waals surface area contributed by atoms with E-state index in [0.29, 0.717) is 23.7 Å². The molecule has 0 aromatic heterocycles. The van der Waals surface area contributed by atoms with E-state index in [9.17, 15) is 18.0 Å². The van der Waals surface area contributed by atoms with E-state index in [2.05, 4.69) is 15.4 Å². The van der Waals surface area contributed by atoms with Crippen molar-refractivity contribution in [1.29, 1.82) is 0 Å². The molecule has 0 spiro atoms. The van der Waals surface area contributed by atoms with Crippen molar-refractivity contribution >= 4 is 33.2 Å². The summed E-state index contributed by atoms with van der Waals surface area (Å²) in [5.74, 6) is -0.161. The van der Waals surface area contributed by atoms with Crippen LogP contribution in [0.3, 0.4) is 0 Å². The maximum atomic E-state index is 13.0. The number of carbonyl (C=O) groups is 2. The zero-order chi connectivity index (χ0) is 25.4. The molecule has 3 N–H and O–H groups in total. The normalized spacial score (nSPS) is 10.8. The summed E-state index contributed by atoms with van der Waals surface area (Å²) in [5.41, 5.74) is 1.98. The highest BCUT2D eigenvalue weighted by Gasteiger charge is 2.22. The van der Waals surface area contributed by atoms with Crippen molar-refractivity contribution in [2.24, 2.45) is 0 Å². The van der Waals surface area contributed by atoms with E-state index in [1.165, 1.54) is 25.3 Å². The molecule has 0 radical (unpaired) electrons. The van der Waals surface area contributed by atoms with Crippen LogP contribution >= 0.6 is 0 Å². The molecule has 0 aliphatic rings. The van der Waals surface area contributed by atoms with Gasteiger partial charge in [-0.15, -0.1) is 0 Å². The van der Waals surface area contributed by atoms with Gasteiger partial charge in [-0.1, -0.05) is 17.7 Å². The fraction of sp³-hybridized carbons (Fsp3) is 0.200. The molecular weight excluding hydrogens is 470 g/mol. The summed E-state index contributed by atoms with van der Waals surface area (Å²) in [5, 5.41) is 5.35. The highest BCUT2D eigenvalue weighted by molar-refractivity contribution is 7.92. The second-order valence-electron chi connectivity index (χ2n) is 7.56. The van der Waals surface area contributed by atoms with E-state index in [0.717, 1.165) is 5.56 Å². The van der Waals surface area contributed by atoms with Crippen LogP contribution in [0.15, 0.2) is 71.6 Å². The van der Waals surface area contributed by atoms with Gasteiger partial charge in [0.15, 0.2) is 6.61 Å². The van der Waals surface area contributed by atoms with Crippen LogP contribution in [0.4, 0.5) is 11.4 Å². The van der Waals surface area contributed by atoms with Gasteiger partial charge in [0.05, 0.1) is 7.11 Å². The highest BCUT2D eigenvalue weighted by atomic mass is 32.2. The molecular formula is C25H27N3O6S. The largest absolute Gasteiger partial charge is 0.495 e. The lowest BCUT2D eigenvalue weighted by molar-refractivity contribution is -0.122. The summed E-state index contributed by atoms with van der Waals surface area (Å²) >= 11 is 0. The van der Waals surface area contributed by atoms with E-state index in [1.54, 1.807) is 48.5 Å². The predicted molar refractivity (Wildman–Crippen MR) is 134 cm³/mol. The zero-order valence-corrected chi connectivity index (χ0v) is 20.4. The maximum Gasteiger partial charge on any atom is 0.265 e. The smallest absolute Gasteiger partial charge is 0.265 e. The van der Waals surface area contributed by atoms with Gasteiger partial charge in [-0.2, -0.15) is 0 Å². The number of nitrogens with one attached hydrogen (secondary N) is 3. The molecule has 3 aromatic carbocycles. The Morgan fingerprint density at radius 2 is 1.57 bits per heavy atom. The van der Waals surface area contributed by atoms with Gasteiger partial charge in [0.25, 0.3) is 21.8 Å². The number of rotatable bonds is 10. The Bertz CT molecular complexity index is 1290. The number of methoxy groups -OCH3 is 1. The Hall–Kier alpha value is -4.05. The Kier molecular flexibility index (Phi) is 8.32. The van der Waals surface area contributed by atoms with E-state index >= 15 is 0 Å². The Morgan fingerprint density at radius 1 is 0.914 bits per heavy atom. The van der Waals surface area contributed by atoms with Crippen LogP contribution in [0.1, 0.15) is 22.8 Å². The lowest BCUT2D eigenvalue weighted by Gasteiger charge is -2.13. The first kappa shape index (κ1) is 25.6. The molecule has 0 saturated carbocycles. The minimum absolute atomic E-state index is 0.106. The third-order valence-electron chi connectivity index (χ3n) is 4.88. The van der Waals surface area contributed by atoms with Crippen molar-refractivity contribution in [2.75, 3.05) is 30.3 Å². The average molecular weight is 498 g/mol. The van der Waals surface area contributed by atoms with Crippen molar-refractivity contribution in [2.45, 2.75) is 18.7 Å². The first-order chi connectivity index (χ1) is 16.7. The molecule has 0 bridgehead atoms. The quantitative estimate of drug-likeness (QED) is 0.394. The van der Waals surface area contributed by atoms with E-state index in [-0.39, 0.29) is 28.7 Å². The Balaban J connectivity index is 1.74. The number of likely N-dealkylation sites (N-methyl/N-ethyl adjacent to an activating group) is 1. The number of carbonyl (C=O) groups excluding carboxylic acids is 2. The summed E-state index contributed by atoms with van der Waals surface area (Å²) in [6.07, 6.45) is 0. The van der Waals surface area contributed by atoms with E-state index < -0.39 is 15.9 Å². The van der Waals surface area contributed by atoms with Gasteiger partial charge in [-0.05, 0) is 68.4 Å². The second-order valence-corrected chi connectivity index (χ2v) is 9.21. The van der Waals surface area contributed by atoms with Gasteiger partial charge in [-0.25, -0.2) is 8.42 Å². The fourth-order valence-electron chi connectivity index (χ4n) is 3.09. The first-order valence-electron chi connectivity index (χ1n) is 10.8. The van der Waals surface area contributed by atoms with Gasteiger partial charge in [0.2, 0.25) is 0 Å². The van der Waals surface area contributed by atoms with E-state index in [1.807, 2.05) is 13.8 Å². The molecule has 9 nitrogen and oxygen atoms in total. The number of sulfonamides is 1. The molecule has 2 amide bonds. The number of hydrogen-bond acceptors (Lipinski definition) is 6. The number of hydrogen-bond donors (Lipinski definition) is 3. The first-order valence-corrected chi connectivity index (χ1v) is 12.3. The molecule has 0 atom stereocenters. The molecule has 0 aliphatic carbocycles. The molecule has 184 valence electrons. The zero-order valence-electron chi connectivity index (χ0n) is 19.6. The summed E-state index contributed by atoms with van der Waals surface area (Å²) < 4.78 is 39.2.